The van der Waals surface area contributed by atoms with E-state index in [4.69, 9.17) is 4.74 Å². The van der Waals surface area contributed by atoms with Crippen molar-refractivity contribution in [3.05, 3.63) is 63.7 Å². The number of benzene rings is 2. The Balaban J connectivity index is 1.95. The number of hydrogen-bond acceptors (Lipinski definition) is 5. The second kappa shape index (κ2) is 7.41. The van der Waals surface area contributed by atoms with Crippen LogP contribution in [-0.2, 0) is 10.0 Å². The van der Waals surface area contributed by atoms with Crippen LogP contribution in [0.3, 0.4) is 0 Å². The van der Waals surface area contributed by atoms with Gasteiger partial charge in [0.05, 0.1) is 9.82 Å². The van der Waals surface area contributed by atoms with Crippen molar-refractivity contribution in [2.45, 2.75) is 18.7 Å². The van der Waals surface area contributed by atoms with Crippen LogP contribution in [0.15, 0.2) is 47.4 Å². The van der Waals surface area contributed by atoms with Gasteiger partial charge in [0, 0.05) is 18.7 Å². The molecule has 1 N–H and O–H groups in total. The van der Waals surface area contributed by atoms with Gasteiger partial charge in [-0.2, -0.15) is 0 Å². The van der Waals surface area contributed by atoms with Crippen molar-refractivity contribution in [2.75, 3.05) is 13.2 Å². The highest BCUT2D eigenvalue weighted by Crippen LogP contribution is 2.18. The molecule has 0 aliphatic carbocycles. The van der Waals surface area contributed by atoms with E-state index in [2.05, 4.69) is 4.72 Å². The average molecular weight is 350 g/mol. The summed E-state index contributed by atoms with van der Waals surface area (Å²) in [5.74, 6) is 0.669. The van der Waals surface area contributed by atoms with Crippen LogP contribution in [0.1, 0.15) is 11.1 Å². The smallest absolute Gasteiger partial charge is 0.270 e. The molecule has 8 heteroatoms. The van der Waals surface area contributed by atoms with Crippen molar-refractivity contribution in [2.24, 2.45) is 0 Å². The van der Waals surface area contributed by atoms with Crippen LogP contribution >= 0.6 is 0 Å². The first kappa shape index (κ1) is 17.9. The van der Waals surface area contributed by atoms with Crippen molar-refractivity contribution in [1.29, 1.82) is 0 Å². The lowest BCUT2D eigenvalue weighted by Gasteiger charge is -2.10. The van der Waals surface area contributed by atoms with Crippen LogP contribution < -0.4 is 9.46 Å². The lowest BCUT2D eigenvalue weighted by atomic mass is 10.1. The predicted molar refractivity (Wildman–Crippen MR) is 89.7 cm³/mol. The van der Waals surface area contributed by atoms with Crippen LogP contribution in [0.25, 0.3) is 0 Å². The molecule has 0 amide bonds. The van der Waals surface area contributed by atoms with Crippen molar-refractivity contribution in [3.8, 4) is 5.75 Å². The number of nitro groups is 1. The zero-order valence-corrected chi connectivity index (χ0v) is 14.2. The lowest BCUT2D eigenvalue weighted by Crippen LogP contribution is -2.28. The van der Waals surface area contributed by atoms with Gasteiger partial charge in [-0.05, 0) is 43.2 Å². The summed E-state index contributed by atoms with van der Waals surface area (Å²) in [6.45, 7) is 4.10. The van der Waals surface area contributed by atoms with Gasteiger partial charge in [-0.1, -0.05) is 12.1 Å². The molecule has 0 fully saturated rings. The average Bonchev–Trinajstić information content (AvgIpc) is 2.51. The molecule has 128 valence electrons. The molecule has 24 heavy (non-hydrogen) atoms. The van der Waals surface area contributed by atoms with Gasteiger partial charge in [-0.15, -0.1) is 0 Å². The first-order valence-corrected chi connectivity index (χ1v) is 8.71. The van der Waals surface area contributed by atoms with Gasteiger partial charge in [-0.25, -0.2) is 13.1 Å². The van der Waals surface area contributed by atoms with Gasteiger partial charge in [0.2, 0.25) is 10.0 Å². The van der Waals surface area contributed by atoms with Crippen molar-refractivity contribution < 1.29 is 18.1 Å². The highest BCUT2D eigenvalue weighted by atomic mass is 32.2. The molecule has 0 aliphatic rings. The van der Waals surface area contributed by atoms with Gasteiger partial charge in [0.1, 0.15) is 12.4 Å². The van der Waals surface area contributed by atoms with E-state index in [0.717, 1.165) is 17.2 Å². The van der Waals surface area contributed by atoms with Gasteiger partial charge in [0.25, 0.3) is 5.69 Å². The first-order chi connectivity index (χ1) is 11.3. The molecule has 0 spiro atoms. The summed E-state index contributed by atoms with van der Waals surface area (Å²) < 4.78 is 32.2. The van der Waals surface area contributed by atoms with Gasteiger partial charge >= 0.3 is 0 Å². The fraction of sp³-hybridized carbons (Fsp3) is 0.250. The zero-order chi connectivity index (χ0) is 17.7. The molecular formula is C16H18N2O5S. The van der Waals surface area contributed by atoms with E-state index >= 15 is 0 Å². The Morgan fingerprint density at radius 3 is 2.42 bits per heavy atom. The topological polar surface area (TPSA) is 98.5 Å². The number of aryl methyl sites for hydroxylation is 2. The van der Waals surface area contributed by atoms with E-state index in [1.54, 1.807) is 0 Å². The number of nitrogens with one attached hydrogen (secondary N) is 1. The molecule has 2 aromatic rings. The number of non-ortho nitro benzene ring substituents is 1. The van der Waals surface area contributed by atoms with E-state index in [9.17, 15) is 18.5 Å². The van der Waals surface area contributed by atoms with Crippen LogP contribution in [0.2, 0.25) is 0 Å². The molecule has 2 rings (SSSR count). The van der Waals surface area contributed by atoms with E-state index in [1.807, 2.05) is 32.0 Å². The Morgan fingerprint density at radius 1 is 1.12 bits per heavy atom. The summed E-state index contributed by atoms with van der Waals surface area (Å²) in [6.07, 6.45) is 0. The molecule has 0 atom stereocenters. The Bertz CT molecular complexity index is 829. The highest BCUT2D eigenvalue weighted by Gasteiger charge is 2.17. The fourth-order valence-corrected chi connectivity index (χ4v) is 3.26. The summed E-state index contributed by atoms with van der Waals surface area (Å²) in [5.41, 5.74) is 1.84. The summed E-state index contributed by atoms with van der Waals surface area (Å²) in [5, 5.41) is 10.7. The largest absolute Gasteiger partial charge is 0.492 e. The number of hydrogen-bond donors (Lipinski definition) is 1. The molecule has 7 nitrogen and oxygen atoms in total. The molecule has 0 saturated carbocycles. The molecule has 0 aliphatic heterocycles. The molecule has 0 heterocycles. The maximum Gasteiger partial charge on any atom is 0.270 e. The quantitative estimate of drug-likeness (QED) is 0.470. The Hall–Kier alpha value is -2.45. The normalized spacial score (nSPS) is 11.2. The van der Waals surface area contributed by atoms with Gasteiger partial charge in [0.15, 0.2) is 0 Å². The highest BCUT2D eigenvalue weighted by molar-refractivity contribution is 7.89. The Kier molecular flexibility index (Phi) is 5.53. The van der Waals surface area contributed by atoms with Gasteiger partial charge < -0.3 is 4.74 Å². The fourth-order valence-electron chi connectivity index (χ4n) is 2.21. The maximum atomic E-state index is 12.1. The number of rotatable bonds is 7. The summed E-state index contributed by atoms with van der Waals surface area (Å²) in [6, 6.07) is 10.6. The Labute approximate surface area is 140 Å². The lowest BCUT2D eigenvalue weighted by molar-refractivity contribution is -0.385. The number of sulfonamides is 1. The van der Waals surface area contributed by atoms with Crippen molar-refractivity contribution >= 4 is 15.7 Å². The number of ether oxygens (including phenoxy) is 1. The second-order valence-electron chi connectivity index (χ2n) is 5.32. The van der Waals surface area contributed by atoms with Crippen LogP contribution in [0.5, 0.6) is 5.75 Å². The summed E-state index contributed by atoms with van der Waals surface area (Å²) in [4.78, 5) is 9.94. The Morgan fingerprint density at radius 2 is 1.79 bits per heavy atom. The third kappa shape index (κ3) is 4.77. The summed E-state index contributed by atoms with van der Waals surface area (Å²) in [7, 11) is -3.82. The molecule has 0 unspecified atom stereocenters. The third-order valence-corrected chi connectivity index (χ3v) is 4.66. The van der Waals surface area contributed by atoms with E-state index in [0.29, 0.717) is 5.75 Å². The van der Waals surface area contributed by atoms with Crippen molar-refractivity contribution in [1.82, 2.24) is 4.72 Å². The van der Waals surface area contributed by atoms with Crippen molar-refractivity contribution in [3.63, 3.8) is 0 Å². The minimum atomic E-state index is -3.82. The maximum absolute atomic E-state index is 12.1. The molecule has 2 aromatic carbocycles. The molecule has 0 bridgehead atoms. The van der Waals surface area contributed by atoms with E-state index in [-0.39, 0.29) is 23.7 Å². The monoisotopic (exact) mass is 350 g/mol. The molecule has 0 saturated heterocycles. The van der Waals surface area contributed by atoms with Crippen LogP contribution in [0, 0.1) is 24.0 Å². The SMILES string of the molecule is Cc1cc(C)cc(OCCNS(=O)(=O)c2cccc([N+](=O)[O-])c2)c1. The minimum absolute atomic E-state index is 0.0536. The van der Waals surface area contributed by atoms with E-state index < -0.39 is 14.9 Å². The van der Waals surface area contributed by atoms with E-state index in [1.165, 1.54) is 18.2 Å². The van der Waals surface area contributed by atoms with Gasteiger partial charge in [-0.3, -0.25) is 10.1 Å². The summed E-state index contributed by atoms with van der Waals surface area (Å²) >= 11 is 0. The predicted octanol–water partition coefficient (Wildman–Crippen LogP) is 2.57. The zero-order valence-electron chi connectivity index (χ0n) is 13.4. The number of nitro benzene ring substituents is 1. The molecule has 0 radical (unpaired) electrons. The molecule has 0 aromatic heterocycles. The number of nitrogens with zero attached hydrogens (tertiary/aromatic N) is 1. The van der Waals surface area contributed by atoms with Crippen LogP contribution in [-0.4, -0.2) is 26.5 Å². The minimum Gasteiger partial charge on any atom is -0.492 e. The standard InChI is InChI=1S/C16H18N2O5S/c1-12-8-13(2)10-15(9-12)23-7-6-17-24(21,22)16-5-3-4-14(11-16)18(19)20/h3-5,8-11,17H,6-7H2,1-2H3. The first-order valence-electron chi connectivity index (χ1n) is 7.23. The van der Waals surface area contributed by atoms with Crippen LogP contribution in [0.4, 0.5) is 5.69 Å². The third-order valence-electron chi connectivity index (χ3n) is 3.20. The second-order valence-corrected chi connectivity index (χ2v) is 7.09. The molecular weight excluding hydrogens is 332 g/mol.